The van der Waals surface area contributed by atoms with E-state index < -0.39 is 5.60 Å². The van der Waals surface area contributed by atoms with E-state index in [1.165, 1.54) is 11.1 Å². The van der Waals surface area contributed by atoms with Crippen LogP contribution in [0, 0.1) is 0 Å². The van der Waals surface area contributed by atoms with Crippen LogP contribution in [0.3, 0.4) is 0 Å². The monoisotopic (exact) mass is 442 g/mol. The fraction of sp³-hybridized carbons (Fsp3) is 0.500. The molecule has 0 saturated carbocycles. The number of ether oxygens (including phenoxy) is 1. The van der Waals surface area contributed by atoms with Crippen LogP contribution in [-0.2, 0) is 16.8 Å². The van der Waals surface area contributed by atoms with Crippen molar-refractivity contribution in [2.45, 2.75) is 58.3 Å². The summed E-state index contributed by atoms with van der Waals surface area (Å²) in [4.78, 5) is 23.1. The Balaban J connectivity index is 1.47. The number of likely N-dealkylation sites (N-methyl/N-ethyl adjacent to an activating group) is 1. The number of carbonyl (C=O) groups is 1. The van der Waals surface area contributed by atoms with E-state index in [0.717, 1.165) is 22.9 Å². The van der Waals surface area contributed by atoms with Gasteiger partial charge in [-0.05, 0) is 63.9 Å². The first-order chi connectivity index (χ1) is 14.5. The van der Waals surface area contributed by atoms with Crippen molar-refractivity contribution in [3.05, 3.63) is 52.8 Å². The lowest BCUT2D eigenvalue weighted by Crippen LogP contribution is -2.61. The molecule has 166 valence electrons. The van der Waals surface area contributed by atoms with Gasteiger partial charge in [0.1, 0.15) is 5.60 Å². The number of hydrogen-bond acceptors (Lipinski definition) is 5. The molecule has 1 amide bonds. The molecule has 0 radical (unpaired) electrons. The van der Waals surface area contributed by atoms with E-state index >= 15 is 0 Å². The lowest BCUT2D eigenvalue weighted by Gasteiger charge is -2.45. The normalized spacial score (nSPS) is 17.9. The Labute approximate surface area is 189 Å². The minimum Gasteiger partial charge on any atom is -0.444 e. The summed E-state index contributed by atoms with van der Waals surface area (Å²) < 4.78 is 5.46. The van der Waals surface area contributed by atoms with Crippen molar-refractivity contribution in [1.29, 1.82) is 0 Å². The Kier molecular flexibility index (Phi) is 5.32. The lowest BCUT2D eigenvalue weighted by atomic mass is 9.93. The minimum atomic E-state index is -0.476. The van der Waals surface area contributed by atoms with Crippen LogP contribution in [-0.4, -0.2) is 47.8 Å². The SMILES string of the molecule is CN(c1cncc(N2Cc3ccc(Cl)cc3C2(C)C)c1)C1CN(C(=O)OC(C)(C)C)C1. The number of benzene rings is 1. The number of pyridine rings is 1. The number of carbonyl (C=O) groups excluding carboxylic acids is 1. The number of nitrogens with zero attached hydrogens (tertiary/aromatic N) is 4. The first-order valence-electron chi connectivity index (χ1n) is 10.7. The van der Waals surface area contributed by atoms with Crippen LogP contribution in [0.4, 0.5) is 16.2 Å². The predicted molar refractivity (Wildman–Crippen MR) is 125 cm³/mol. The third-order valence-corrected chi connectivity index (χ3v) is 6.46. The van der Waals surface area contributed by atoms with E-state index in [0.29, 0.717) is 13.1 Å². The fourth-order valence-corrected chi connectivity index (χ4v) is 4.50. The molecular weight excluding hydrogens is 412 g/mol. The topological polar surface area (TPSA) is 48.9 Å². The molecule has 0 N–H and O–H groups in total. The molecule has 7 heteroatoms. The molecule has 1 aromatic carbocycles. The predicted octanol–water partition coefficient (Wildman–Crippen LogP) is 5.05. The molecular formula is C24H31ClN4O2. The molecule has 2 aliphatic heterocycles. The van der Waals surface area contributed by atoms with E-state index in [1.807, 2.05) is 39.2 Å². The summed E-state index contributed by atoms with van der Waals surface area (Å²) in [6.45, 7) is 12.2. The van der Waals surface area contributed by atoms with Gasteiger partial charge in [-0.1, -0.05) is 17.7 Å². The minimum absolute atomic E-state index is 0.177. The number of anilines is 2. The molecule has 0 spiro atoms. The third kappa shape index (κ3) is 4.18. The molecule has 0 atom stereocenters. The largest absolute Gasteiger partial charge is 0.444 e. The summed E-state index contributed by atoms with van der Waals surface area (Å²) in [6, 6.07) is 8.56. The number of halogens is 1. The Morgan fingerprint density at radius 2 is 1.94 bits per heavy atom. The maximum atomic E-state index is 12.2. The Morgan fingerprint density at radius 3 is 2.61 bits per heavy atom. The maximum absolute atomic E-state index is 12.2. The van der Waals surface area contributed by atoms with Gasteiger partial charge < -0.3 is 19.4 Å². The molecule has 31 heavy (non-hydrogen) atoms. The highest BCUT2D eigenvalue weighted by atomic mass is 35.5. The number of fused-ring (bicyclic) bond motifs is 1. The summed E-state index contributed by atoms with van der Waals surface area (Å²) in [6.07, 6.45) is 3.55. The van der Waals surface area contributed by atoms with Gasteiger partial charge in [0.2, 0.25) is 0 Å². The van der Waals surface area contributed by atoms with Crippen molar-refractivity contribution in [1.82, 2.24) is 9.88 Å². The van der Waals surface area contributed by atoms with Crippen LogP contribution >= 0.6 is 11.6 Å². The van der Waals surface area contributed by atoms with E-state index in [9.17, 15) is 4.79 Å². The van der Waals surface area contributed by atoms with Crippen molar-refractivity contribution in [2.24, 2.45) is 0 Å². The maximum Gasteiger partial charge on any atom is 0.410 e. The van der Waals surface area contributed by atoms with Gasteiger partial charge in [0.25, 0.3) is 0 Å². The molecule has 1 aromatic heterocycles. The van der Waals surface area contributed by atoms with Crippen LogP contribution in [0.5, 0.6) is 0 Å². The molecule has 1 saturated heterocycles. The molecule has 3 heterocycles. The van der Waals surface area contributed by atoms with Crippen LogP contribution < -0.4 is 9.80 Å². The number of hydrogen-bond donors (Lipinski definition) is 0. The zero-order chi connectivity index (χ0) is 22.6. The van der Waals surface area contributed by atoms with E-state index in [-0.39, 0.29) is 17.7 Å². The van der Waals surface area contributed by atoms with Gasteiger partial charge in [0.15, 0.2) is 0 Å². The molecule has 2 aromatic rings. The van der Waals surface area contributed by atoms with E-state index in [2.05, 4.69) is 53.9 Å². The summed E-state index contributed by atoms with van der Waals surface area (Å²) in [5, 5.41) is 0.764. The number of rotatable bonds is 3. The van der Waals surface area contributed by atoms with Crippen LogP contribution in [0.1, 0.15) is 45.7 Å². The number of aromatic nitrogens is 1. The molecule has 4 rings (SSSR count). The van der Waals surface area contributed by atoms with Crippen LogP contribution in [0.2, 0.25) is 5.02 Å². The second-order valence-electron chi connectivity index (χ2n) is 10.00. The smallest absolute Gasteiger partial charge is 0.410 e. The van der Waals surface area contributed by atoms with Gasteiger partial charge in [-0.15, -0.1) is 0 Å². The molecule has 0 unspecified atom stereocenters. The summed E-state index contributed by atoms with van der Waals surface area (Å²) in [5.74, 6) is 0. The quantitative estimate of drug-likeness (QED) is 0.666. The molecule has 0 aliphatic carbocycles. The Hall–Kier alpha value is -2.47. The highest BCUT2D eigenvalue weighted by Crippen LogP contribution is 2.43. The molecule has 6 nitrogen and oxygen atoms in total. The highest BCUT2D eigenvalue weighted by Gasteiger charge is 2.39. The van der Waals surface area contributed by atoms with Gasteiger partial charge in [0, 0.05) is 31.7 Å². The fourth-order valence-electron chi connectivity index (χ4n) is 4.33. The van der Waals surface area contributed by atoms with Crippen LogP contribution in [0.15, 0.2) is 36.7 Å². The third-order valence-electron chi connectivity index (χ3n) is 6.22. The van der Waals surface area contributed by atoms with Gasteiger partial charge in [-0.3, -0.25) is 4.98 Å². The second kappa shape index (κ2) is 7.59. The van der Waals surface area contributed by atoms with Crippen molar-refractivity contribution in [2.75, 3.05) is 29.9 Å². The van der Waals surface area contributed by atoms with Gasteiger partial charge in [-0.2, -0.15) is 0 Å². The van der Waals surface area contributed by atoms with Gasteiger partial charge >= 0.3 is 6.09 Å². The second-order valence-corrected chi connectivity index (χ2v) is 10.4. The Morgan fingerprint density at radius 1 is 1.23 bits per heavy atom. The molecule has 2 aliphatic rings. The first-order valence-corrected chi connectivity index (χ1v) is 11.1. The summed E-state index contributed by atoms with van der Waals surface area (Å²) in [7, 11) is 2.06. The van der Waals surface area contributed by atoms with Crippen molar-refractivity contribution in [3.8, 4) is 0 Å². The zero-order valence-electron chi connectivity index (χ0n) is 19.1. The van der Waals surface area contributed by atoms with Gasteiger partial charge in [-0.25, -0.2) is 4.79 Å². The molecule has 0 bridgehead atoms. The number of likely N-dealkylation sites (tertiary alicyclic amines) is 1. The van der Waals surface area contributed by atoms with E-state index in [1.54, 1.807) is 4.90 Å². The Bertz CT molecular complexity index is 995. The van der Waals surface area contributed by atoms with Crippen molar-refractivity contribution >= 4 is 29.1 Å². The standard InChI is InChI=1S/C24H31ClN4O2/c1-23(2,3)31-22(30)28-14-20(15-28)27(6)18-10-19(12-26-11-18)29-13-16-7-8-17(25)9-21(16)24(29,4)5/h7-12,20H,13-15H2,1-6H3. The van der Waals surface area contributed by atoms with Crippen molar-refractivity contribution < 1.29 is 9.53 Å². The zero-order valence-corrected chi connectivity index (χ0v) is 19.9. The molecule has 1 fully saturated rings. The van der Waals surface area contributed by atoms with E-state index in [4.69, 9.17) is 16.3 Å². The lowest BCUT2D eigenvalue weighted by molar-refractivity contribution is 0.00851. The van der Waals surface area contributed by atoms with Crippen molar-refractivity contribution in [3.63, 3.8) is 0 Å². The average Bonchev–Trinajstić information content (AvgIpc) is 2.89. The van der Waals surface area contributed by atoms with Crippen LogP contribution in [0.25, 0.3) is 0 Å². The summed E-state index contributed by atoms with van der Waals surface area (Å²) >= 11 is 6.26. The summed E-state index contributed by atoms with van der Waals surface area (Å²) in [5.41, 5.74) is 4.01. The number of amides is 1. The first kappa shape index (κ1) is 21.8. The van der Waals surface area contributed by atoms with Gasteiger partial charge in [0.05, 0.1) is 35.3 Å². The average molecular weight is 443 g/mol. The highest BCUT2D eigenvalue weighted by molar-refractivity contribution is 6.30.